The zero-order valence-corrected chi connectivity index (χ0v) is 18.3. The molecule has 0 saturated carbocycles. The van der Waals surface area contributed by atoms with Crippen LogP contribution in [-0.4, -0.2) is 0 Å². The van der Waals surface area contributed by atoms with Crippen molar-refractivity contribution in [1.82, 2.24) is 0 Å². The SMILES string of the molecule is Pc1ccc(PSc2ccccc2Nc2cccc(-c3ccccc3)c2)cc1. The van der Waals surface area contributed by atoms with E-state index in [0.717, 1.165) is 11.4 Å². The van der Waals surface area contributed by atoms with E-state index in [2.05, 4.69) is 112 Å². The van der Waals surface area contributed by atoms with E-state index >= 15 is 0 Å². The van der Waals surface area contributed by atoms with E-state index in [-0.39, 0.29) is 0 Å². The van der Waals surface area contributed by atoms with Gasteiger partial charge in [-0.15, -0.1) is 9.24 Å². The molecule has 1 N–H and O–H groups in total. The summed E-state index contributed by atoms with van der Waals surface area (Å²) in [6.07, 6.45) is 0. The fourth-order valence-corrected chi connectivity index (χ4v) is 5.61. The van der Waals surface area contributed by atoms with Crippen LogP contribution >= 0.6 is 28.4 Å². The van der Waals surface area contributed by atoms with Gasteiger partial charge < -0.3 is 5.32 Å². The molecule has 4 aromatic rings. The minimum atomic E-state index is 0.678. The maximum atomic E-state index is 3.61. The Morgan fingerprint density at radius 2 is 1.39 bits per heavy atom. The lowest BCUT2D eigenvalue weighted by Crippen LogP contribution is -1.97. The second-order valence-corrected chi connectivity index (χ2v) is 9.71. The summed E-state index contributed by atoms with van der Waals surface area (Å²) in [4.78, 5) is 1.26. The third kappa shape index (κ3) is 5.03. The van der Waals surface area contributed by atoms with Gasteiger partial charge in [-0.1, -0.05) is 90.2 Å². The molecule has 0 aliphatic carbocycles. The van der Waals surface area contributed by atoms with Crippen LogP contribution in [0.4, 0.5) is 11.4 Å². The van der Waals surface area contributed by atoms with E-state index in [0.29, 0.717) is 7.78 Å². The van der Waals surface area contributed by atoms with E-state index in [4.69, 9.17) is 0 Å². The molecule has 0 heterocycles. The van der Waals surface area contributed by atoms with Gasteiger partial charge in [-0.2, -0.15) is 0 Å². The summed E-state index contributed by atoms with van der Waals surface area (Å²) in [5, 5.41) is 6.19. The molecule has 4 aromatic carbocycles. The fraction of sp³-hybridized carbons (Fsp3) is 0. The molecule has 138 valence electrons. The molecule has 0 aliphatic heterocycles. The van der Waals surface area contributed by atoms with Crippen LogP contribution in [0.1, 0.15) is 0 Å². The lowest BCUT2D eigenvalue weighted by Gasteiger charge is -2.13. The molecule has 28 heavy (non-hydrogen) atoms. The van der Waals surface area contributed by atoms with Crippen molar-refractivity contribution >= 4 is 50.4 Å². The Balaban J connectivity index is 1.52. The van der Waals surface area contributed by atoms with Crippen LogP contribution in [0.3, 0.4) is 0 Å². The average Bonchev–Trinajstić information content (AvgIpc) is 2.75. The maximum absolute atomic E-state index is 3.61. The summed E-state index contributed by atoms with van der Waals surface area (Å²) in [6, 6.07) is 36.3. The Hall–Kier alpha value is -2.11. The van der Waals surface area contributed by atoms with Gasteiger partial charge in [-0.3, -0.25) is 0 Å². The van der Waals surface area contributed by atoms with Gasteiger partial charge >= 0.3 is 0 Å². The molecule has 0 radical (unpaired) electrons. The number of benzene rings is 4. The summed E-state index contributed by atoms with van der Waals surface area (Å²) >= 11 is 1.88. The van der Waals surface area contributed by atoms with Crippen molar-refractivity contribution in [2.45, 2.75) is 4.90 Å². The van der Waals surface area contributed by atoms with Crippen LogP contribution in [0, 0.1) is 0 Å². The molecule has 0 bridgehead atoms. The first kappa shape index (κ1) is 19.2. The second kappa shape index (κ2) is 9.39. The van der Waals surface area contributed by atoms with Crippen molar-refractivity contribution in [2.24, 2.45) is 0 Å². The zero-order valence-electron chi connectivity index (χ0n) is 15.3. The zero-order chi connectivity index (χ0) is 19.2. The fourth-order valence-electron chi connectivity index (χ4n) is 2.89. The Bertz CT molecular complexity index is 1050. The molecule has 0 aromatic heterocycles. The second-order valence-electron chi connectivity index (χ2n) is 6.39. The van der Waals surface area contributed by atoms with Crippen LogP contribution in [0.5, 0.6) is 0 Å². The number of hydrogen-bond acceptors (Lipinski definition) is 2. The van der Waals surface area contributed by atoms with Crippen molar-refractivity contribution < 1.29 is 0 Å². The van der Waals surface area contributed by atoms with Crippen molar-refractivity contribution in [2.75, 3.05) is 5.32 Å². The number of para-hydroxylation sites is 1. The Labute approximate surface area is 174 Å². The van der Waals surface area contributed by atoms with E-state index in [9.17, 15) is 0 Å². The van der Waals surface area contributed by atoms with Gasteiger partial charge in [0.25, 0.3) is 0 Å². The molecule has 2 unspecified atom stereocenters. The molecule has 4 rings (SSSR count). The summed E-state index contributed by atoms with van der Waals surface area (Å²) in [7, 11) is 3.42. The maximum Gasteiger partial charge on any atom is 0.0525 e. The molecule has 0 amide bonds. The average molecular weight is 417 g/mol. The van der Waals surface area contributed by atoms with E-state index < -0.39 is 0 Å². The van der Waals surface area contributed by atoms with Crippen LogP contribution in [0.15, 0.2) is 108 Å². The highest BCUT2D eigenvalue weighted by molar-refractivity contribution is 8.51. The van der Waals surface area contributed by atoms with Gasteiger partial charge in [-0.25, -0.2) is 0 Å². The highest BCUT2D eigenvalue weighted by atomic mass is 32.7. The molecule has 1 nitrogen and oxygen atoms in total. The van der Waals surface area contributed by atoms with Gasteiger partial charge in [0.05, 0.1) is 5.69 Å². The minimum Gasteiger partial charge on any atom is -0.355 e. The summed E-state index contributed by atoms with van der Waals surface area (Å²) < 4.78 is 0. The van der Waals surface area contributed by atoms with Gasteiger partial charge in [0.2, 0.25) is 0 Å². The van der Waals surface area contributed by atoms with E-state index in [1.54, 1.807) is 0 Å². The standard InChI is InChI=1S/C24H21NP2S/c26-21-13-15-22(16-14-21)27-28-24-12-5-4-11-23(24)25-20-10-6-9-19(17-20)18-7-2-1-3-8-18/h1-17,25,27H,26H2. The molecule has 4 heteroatoms. The minimum absolute atomic E-state index is 0.678. The molecule has 2 atom stereocenters. The molecule has 0 spiro atoms. The molecular weight excluding hydrogens is 396 g/mol. The largest absolute Gasteiger partial charge is 0.355 e. The highest BCUT2D eigenvalue weighted by Crippen LogP contribution is 2.41. The third-order valence-corrected chi connectivity index (χ3v) is 7.63. The lowest BCUT2D eigenvalue weighted by molar-refractivity contribution is 1.42. The summed E-state index contributed by atoms with van der Waals surface area (Å²) in [6.45, 7) is 0. The van der Waals surface area contributed by atoms with Crippen molar-refractivity contribution in [1.29, 1.82) is 0 Å². The number of nitrogens with one attached hydrogen (secondary N) is 1. The van der Waals surface area contributed by atoms with E-state index in [1.165, 1.54) is 26.6 Å². The first-order valence-electron chi connectivity index (χ1n) is 9.08. The van der Waals surface area contributed by atoms with Gasteiger partial charge in [0, 0.05) is 10.6 Å². The van der Waals surface area contributed by atoms with Crippen molar-refractivity contribution in [3.8, 4) is 11.1 Å². The summed E-state index contributed by atoms with van der Waals surface area (Å²) in [5.74, 6) is 0. The van der Waals surface area contributed by atoms with Crippen molar-refractivity contribution in [3.05, 3.63) is 103 Å². The molecular formula is C24H21NP2S. The highest BCUT2D eigenvalue weighted by Gasteiger charge is 2.05. The van der Waals surface area contributed by atoms with Crippen LogP contribution in [0.2, 0.25) is 0 Å². The van der Waals surface area contributed by atoms with Gasteiger partial charge in [0.1, 0.15) is 0 Å². The lowest BCUT2D eigenvalue weighted by atomic mass is 10.1. The smallest absolute Gasteiger partial charge is 0.0525 e. The Morgan fingerprint density at radius 3 is 2.21 bits per heavy atom. The molecule has 0 saturated heterocycles. The van der Waals surface area contributed by atoms with Gasteiger partial charge in [-0.05, 0) is 53.8 Å². The van der Waals surface area contributed by atoms with Crippen LogP contribution in [0.25, 0.3) is 11.1 Å². The molecule has 0 fully saturated rings. The number of anilines is 2. The van der Waals surface area contributed by atoms with E-state index in [1.807, 2.05) is 17.4 Å². The van der Waals surface area contributed by atoms with Gasteiger partial charge in [0.15, 0.2) is 0 Å². The Morgan fingerprint density at radius 1 is 0.679 bits per heavy atom. The number of hydrogen-bond donors (Lipinski definition) is 1. The normalized spacial score (nSPS) is 11.0. The van der Waals surface area contributed by atoms with Crippen LogP contribution in [-0.2, 0) is 0 Å². The Kier molecular flexibility index (Phi) is 6.45. The monoisotopic (exact) mass is 417 g/mol. The summed E-state index contributed by atoms with van der Waals surface area (Å²) in [5.41, 5.74) is 4.70. The quantitative estimate of drug-likeness (QED) is 0.354. The third-order valence-electron chi connectivity index (χ3n) is 4.33. The first-order valence-corrected chi connectivity index (χ1v) is 12.2. The van der Waals surface area contributed by atoms with Crippen LogP contribution < -0.4 is 15.9 Å². The molecule has 0 aliphatic rings. The van der Waals surface area contributed by atoms with Crippen molar-refractivity contribution in [3.63, 3.8) is 0 Å². The predicted molar refractivity (Wildman–Crippen MR) is 131 cm³/mol. The number of rotatable bonds is 6. The first-order chi connectivity index (χ1) is 13.8. The predicted octanol–water partition coefficient (Wildman–Crippen LogP) is 6.61. The topological polar surface area (TPSA) is 12.0 Å².